The molecular formula is C26H31F2N3O2. The van der Waals surface area contributed by atoms with E-state index in [4.69, 9.17) is 4.74 Å². The normalized spacial score (nSPS) is 12.2. The Morgan fingerprint density at radius 2 is 1.76 bits per heavy atom. The van der Waals surface area contributed by atoms with Gasteiger partial charge in [0.25, 0.3) is 0 Å². The van der Waals surface area contributed by atoms with Crippen LogP contribution in [0, 0.1) is 18.6 Å². The Morgan fingerprint density at radius 3 is 2.36 bits per heavy atom. The summed E-state index contributed by atoms with van der Waals surface area (Å²) in [5.74, 6) is 0.251. The molecule has 2 aromatic carbocycles. The lowest BCUT2D eigenvalue weighted by molar-refractivity contribution is 0.102. The number of aliphatic hydroxyl groups excluding tert-OH is 1. The summed E-state index contributed by atoms with van der Waals surface area (Å²) in [4.78, 5) is 2.17. The van der Waals surface area contributed by atoms with Crippen molar-refractivity contribution in [2.75, 3.05) is 13.1 Å². The number of halogens is 2. The van der Waals surface area contributed by atoms with E-state index in [0.29, 0.717) is 36.8 Å². The van der Waals surface area contributed by atoms with Gasteiger partial charge >= 0.3 is 0 Å². The largest absolute Gasteiger partial charge is 0.439 e. The van der Waals surface area contributed by atoms with Crippen molar-refractivity contribution in [2.45, 2.75) is 45.8 Å². The fourth-order valence-electron chi connectivity index (χ4n) is 3.67. The maximum atomic E-state index is 13.5. The summed E-state index contributed by atoms with van der Waals surface area (Å²) in [6.45, 7) is 9.53. The monoisotopic (exact) mass is 455 g/mol. The molecular weight excluding hydrogens is 424 g/mol. The summed E-state index contributed by atoms with van der Waals surface area (Å²) in [6.07, 6.45) is 3.66. The van der Waals surface area contributed by atoms with Crippen molar-refractivity contribution >= 4 is 0 Å². The zero-order valence-corrected chi connectivity index (χ0v) is 19.2. The summed E-state index contributed by atoms with van der Waals surface area (Å²) in [7, 11) is 0. The molecule has 3 aromatic rings. The number of hydrogen-bond acceptors (Lipinski definition) is 4. The standard InChI is InChI=1S/C26H31F2N3O2/c1-4-6-7-23(32)17-30(16-5-2)18-25-19(3)29-31(22-12-8-20(27)9-13-22)26(25)33-24-14-10-21(28)11-15-24/h4,8-15,23,32H,1,5-7,16-18H2,2-3H3. The van der Waals surface area contributed by atoms with Crippen molar-refractivity contribution in [1.29, 1.82) is 0 Å². The van der Waals surface area contributed by atoms with Crippen LogP contribution in [0.3, 0.4) is 0 Å². The van der Waals surface area contributed by atoms with Crippen LogP contribution in [0.25, 0.3) is 5.69 Å². The minimum atomic E-state index is -0.469. The maximum Gasteiger partial charge on any atom is 0.227 e. The summed E-state index contributed by atoms with van der Waals surface area (Å²) >= 11 is 0. The van der Waals surface area contributed by atoms with Crippen LogP contribution in [0.4, 0.5) is 8.78 Å². The van der Waals surface area contributed by atoms with Crippen LogP contribution in [0.2, 0.25) is 0 Å². The highest BCUT2D eigenvalue weighted by molar-refractivity contribution is 5.43. The number of benzene rings is 2. The predicted octanol–water partition coefficient (Wildman–Crippen LogP) is 5.79. The Morgan fingerprint density at radius 1 is 1.12 bits per heavy atom. The molecule has 0 aliphatic carbocycles. The van der Waals surface area contributed by atoms with Crippen LogP contribution in [0.1, 0.15) is 37.4 Å². The van der Waals surface area contributed by atoms with Crippen molar-refractivity contribution < 1.29 is 18.6 Å². The van der Waals surface area contributed by atoms with Gasteiger partial charge in [0.15, 0.2) is 0 Å². The van der Waals surface area contributed by atoms with E-state index in [2.05, 4.69) is 23.5 Å². The quantitative estimate of drug-likeness (QED) is 0.351. The zero-order chi connectivity index (χ0) is 23.8. The Bertz CT molecular complexity index is 1030. The number of rotatable bonds is 12. The molecule has 0 aliphatic heterocycles. The van der Waals surface area contributed by atoms with E-state index in [1.807, 2.05) is 6.92 Å². The van der Waals surface area contributed by atoms with E-state index >= 15 is 0 Å². The van der Waals surface area contributed by atoms with Gasteiger partial charge in [-0.25, -0.2) is 13.5 Å². The molecule has 0 spiro atoms. The van der Waals surface area contributed by atoms with Crippen molar-refractivity contribution in [3.05, 3.63) is 84.1 Å². The lowest BCUT2D eigenvalue weighted by Gasteiger charge is -2.25. The van der Waals surface area contributed by atoms with E-state index in [1.54, 1.807) is 35.0 Å². The molecule has 0 fully saturated rings. The number of aliphatic hydroxyl groups is 1. The zero-order valence-electron chi connectivity index (χ0n) is 19.2. The minimum Gasteiger partial charge on any atom is -0.439 e. The second-order valence-electron chi connectivity index (χ2n) is 8.07. The van der Waals surface area contributed by atoms with Gasteiger partial charge in [0.1, 0.15) is 17.4 Å². The van der Waals surface area contributed by atoms with Crippen LogP contribution < -0.4 is 4.74 Å². The van der Waals surface area contributed by atoms with Gasteiger partial charge in [-0.15, -0.1) is 6.58 Å². The highest BCUT2D eigenvalue weighted by atomic mass is 19.1. The average molecular weight is 456 g/mol. The highest BCUT2D eigenvalue weighted by Crippen LogP contribution is 2.32. The van der Waals surface area contributed by atoms with E-state index < -0.39 is 6.10 Å². The second-order valence-corrected chi connectivity index (χ2v) is 8.07. The van der Waals surface area contributed by atoms with Crippen LogP contribution in [0.15, 0.2) is 61.2 Å². The number of hydrogen-bond donors (Lipinski definition) is 1. The van der Waals surface area contributed by atoms with E-state index in [9.17, 15) is 13.9 Å². The molecule has 7 heteroatoms. The molecule has 3 rings (SSSR count). The Hall–Kier alpha value is -3.03. The Kier molecular flexibility index (Phi) is 8.74. The first kappa shape index (κ1) is 24.6. The Balaban J connectivity index is 1.96. The molecule has 1 heterocycles. The van der Waals surface area contributed by atoms with Gasteiger partial charge < -0.3 is 9.84 Å². The number of ether oxygens (including phenoxy) is 1. The first-order chi connectivity index (χ1) is 15.9. The average Bonchev–Trinajstić information content (AvgIpc) is 3.09. The highest BCUT2D eigenvalue weighted by Gasteiger charge is 2.22. The molecule has 0 radical (unpaired) electrons. The minimum absolute atomic E-state index is 0.341. The van der Waals surface area contributed by atoms with Gasteiger partial charge in [-0.1, -0.05) is 13.0 Å². The van der Waals surface area contributed by atoms with Crippen LogP contribution in [-0.4, -0.2) is 39.0 Å². The third-order valence-corrected chi connectivity index (χ3v) is 5.33. The van der Waals surface area contributed by atoms with Gasteiger partial charge in [-0.3, -0.25) is 4.90 Å². The van der Waals surface area contributed by atoms with Gasteiger partial charge in [-0.2, -0.15) is 5.10 Å². The third-order valence-electron chi connectivity index (χ3n) is 5.33. The maximum absolute atomic E-state index is 13.5. The molecule has 0 aliphatic rings. The van der Waals surface area contributed by atoms with Gasteiger partial charge in [0.2, 0.25) is 5.88 Å². The SMILES string of the molecule is C=CCCC(O)CN(CCC)Cc1c(C)nn(-c2ccc(F)cc2)c1Oc1ccc(F)cc1. The van der Waals surface area contributed by atoms with Crippen LogP contribution in [-0.2, 0) is 6.54 Å². The van der Waals surface area contributed by atoms with Crippen molar-refractivity contribution in [3.63, 3.8) is 0 Å². The molecule has 0 amide bonds. The van der Waals surface area contributed by atoms with E-state index in [-0.39, 0.29) is 11.6 Å². The number of aromatic nitrogens is 2. The molecule has 0 saturated heterocycles. The summed E-state index contributed by atoms with van der Waals surface area (Å²) in [5.41, 5.74) is 2.27. The first-order valence-electron chi connectivity index (χ1n) is 11.2. The Labute approximate surface area is 193 Å². The van der Waals surface area contributed by atoms with Crippen molar-refractivity contribution in [3.8, 4) is 17.3 Å². The fourth-order valence-corrected chi connectivity index (χ4v) is 3.67. The van der Waals surface area contributed by atoms with Gasteiger partial charge in [0.05, 0.1) is 23.0 Å². The van der Waals surface area contributed by atoms with Gasteiger partial charge in [-0.05, 0) is 81.3 Å². The van der Waals surface area contributed by atoms with E-state index in [0.717, 1.165) is 30.6 Å². The first-order valence-corrected chi connectivity index (χ1v) is 11.2. The number of aryl methyl sites for hydroxylation is 1. The molecule has 1 unspecified atom stereocenters. The summed E-state index contributed by atoms with van der Waals surface area (Å²) in [6, 6.07) is 11.8. The van der Waals surface area contributed by atoms with Crippen LogP contribution in [0.5, 0.6) is 11.6 Å². The van der Waals surface area contributed by atoms with Crippen LogP contribution >= 0.6 is 0 Å². The fraction of sp³-hybridized carbons (Fsp3) is 0.346. The second kappa shape index (κ2) is 11.7. The number of nitrogens with zero attached hydrogens (tertiary/aromatic N) is 3. The third kappa shape index (κ3) is 6.73. The molecule has 0 saturated carbocycles. The molecule has 1 aromatic heterocycles. The lowest BCUT2D eigenvalue weighted by Crippen LogP contribution is -2.33. The van der Waals surface area contributed by atoms with Crippen molar-refractivity contribution in [2.24, 2.45) is 0 Å². The molecule has 0 bridgehead atoms. The predicted molar refractivity (Wildman–Crippen MR) is 126 cm³/mol. The molecule has 1 N–H and O–H groups in total. The van der Waals surface area contributed by atoms with E-state index in [1.165, 1.54) is 24.3 Å². The summed E-state index contributed by atoms with van der Waals surface area (Å²) in [5, 5.41) is 15.1. The topological polar surface area (TPSA) is 50.5 Å². The molecule has 176 valence electrons. The molecule has 5 nitrogen and oxygen atoms in total. The van der Waals surface area contributed by atoms with Gasteiger partial charge in [0, 0.05) is 13.1 Å². The number of allylic oxidation sites excluding steroid dienone is 1. The van der Waals surface area contributed by atoms with Crippen molar-refractivity contribution in [1.82, 2.24) is 14.7 Å². The molecule has 1 atom stereocenters. The smallest absolute Gasteiger partial charge is 0.227 e. The lowest BCUT2D eigenvalue weighted by atomic mass is 10.1. The summed E-state index contributed by atoms with van der Waals surface area (Å²) < 4.78 is 34.7. The molecule has 33 heavy (non-hydrogen) atoms.